The van der Waals surface area contributed by atoms with Crippen molar-refractivity contribution in [2.24, 2.45) is 0 Å². The average Bonchev–Trinajstić information content (AvgIpc) is 2.75. The Labute approximate surface area is 182 Å². The van der Waals surface area contributed by atoms with E-state index in [0.29, 0.717) is 24.6 Å². The van der Waals surface area contributed by atoms with Crippen molar-refractivity contribution in [3.05, 3.63) is 47.8 Å². The Bertz CT molecular complexity index is 1140. The summed E-state index contributed by atoms with van der Waals surface area (Å²) in [5.41, 5.74) is 4.37. The Hall–Kier alpha value is -3.35. The summed E-state index contributed by atoms with van der Waals surface area (Å²) >= 11 is 0. The predicted molar refractivity (Wildman–Crippen MR) is 118 cm³/mol. The number of aromatic nitrogens is 2. The fraction of sp³-hybridized carbons (Fsp3) is 0.375. The zero-order chi connectivity index (χ0) is 22.2. The molecule has 2 heterocycles. The highest BCUT2D eigenvalue weighted by Gasteiger charge is 2.26. The first kappa shape index (κ1) is 20.9. The smallest absolute Gasteiger partial charge is 0.410 e. The molecule has 1 aromatic heterocycles. The number of amides is 1. The number of nitrogens with zero attached hydrogens (tertiary/aromatic N) is 3. The number of ether oxygens (including phenoxy) is 3. The van der Waals surface area contributed by atoms with Crippen LogP contribution >= 0.6 is 0 Å². The van der Waals surface area contributed by atoms with Gasteiger partial charge in [0.05, 0.1) is 25.4 Å². The molecule has 0 aliphatic carbocycles. The summed E-state index contributed by atoms with van der Waals surface area (Å²) in [5, 5.41) is 0.875. The minimum Gasteiger partial charge on any atom is -0.493 e. The molecule has 3 aromatic rings. The van der Waals surface area contributed by atoms with E-state index < -0.39 is 5.60 Å². The second-order valence-corrected chi connectivity index (χ2v) is 8.58. The van der Waals surface area contributed by atoms with Gasteiger partial charge in [-0.15, -0.1) is 0 Å². The number of methoxy groups -OCH3 is 2. The summed E-state index contributed by atoms with van der Waals surface area (Å²) in [5.74, 6) is 1.25. The molecule has 0 radical (unpaired) electrons. The number of rotatable bonds is 3. The van der Waals surface area contributed by atoms with E-state index in [9.17, 15) is 4.79 Å². The number of hydrogen-bond acceptors (Lipinski definition) is 6. The molecule has 1 aliphatic rings. The molecule has 0 spiro atoms. The van der Waals surface area contributed by atoms with Crippen molar-refractivity contribution in [1.82, 2.24) is 14.9 Å². The van der Waals surface area contributed by atoms with Gasteiger partial charge in [-0.2, -0.15) is 0 Å². The zero-order valence-electron chi connectivity index (χ0n) is 18.6. The number of carbonyl (C=O) groups is 1. The summed E-state index contributed by atoms with van der Waals surface area (Å²) in [6.45, 7) is 6.80. The first-order valence-electron chi connectivity index (χ1n) is 10.3. The number of benzene rings is 2. The van der Waals surface area contributed by atoms with Gasteiger partial charge in [0.2, 0.25) is 0 Å². The van der Waals surface area contributed by atoms with Gasteiger partial charge in [0, 0.05) is 30.1 Å². The van der Waals surface area contributed by atoms with Gasteiger partial charge in [0.25, 0.3) is 0 Å². The maximum Gasteiger partial charge on any atom is 0.410 e. The van der Waals surface area contributed by atoms with E-state index in [-0.39, 0.29) is 6.09 Å². The molecule has 1 amide bonds. The van der Waals surface area contributed by atoms with Gasteiger partial charge >= 0.3 is 6.09 Å². The third kappa shape index (κ3) is 4.26. The summed E-state index contributed by atoms with van der Waals surface area (Å²) in [4.78, 5) is 23.2. The molecule has 2 aromatic carbocycles. The number of fused-ring (bicyclic) bond motifs is 2. The van der Waals surface area contributed by atoms with E-state index in [1.54, 1.807) is 25.4 Å². The lowest BCUT2D eigenvalue weighted by Crippen LogP contribution is -2.39. The lowest BCUT2D eigenvalue weighted by atomic mass is 9.95. The third-order valence-corrected chi connectivity index (χ3v) is 5.28. The molecule has 0 N–H and O–H groups in total. The van der Waals surface area contributed by atoms with Crippen LogP contribution < -0.4 is 9.47 Å². The standard InChI is InChI=1S/C24H27N3O4/c1-24(2,3)31-23(28)27-9-8-15-6-7-16(10-17(15)13-27)22-18-11-20(29-4)21(30-5)12-19(18)25-14-26-22/h6-7,10-12,14H,8-9,13H2,1-5H3. The van der Waals surface area contributed by atoms with Crippen molar-refractivity contribution < 1.29 is 19.0 Å². The Kier molecular flexibility index (Phi) is 5.43. The highest BCUT2D eigenvalue weighted by Crippen LogP contribution is 2.36. The summed E-state index contributed by atoms with van der Waals surface area (Å²) in [6, 6.07) is 10.0. The van der Waals surface area contributed by atoms with Crippen LogP contribution in [-0.2, 0) is 17.7 Å². The Morgan fingerprint density at radius 1 is 1.00 bits per heavy atom. The maximum atomic E-state index is 12.5. The lowest BCUT2D eigenvalue weighted by molar-refractivity contribution is 0.0224. The van der Waals surface area contributed by atoms with Crippen molar-refractivity contribution in [2.75, 3.05) is 20.8 Å². The van der Waals surface area contributed by atoms with Gasteiger partial charge in [-0.3, -0.25) is 0 Å². The highest BCUT2D eigenvalue weighted by atomic mass is 16.6. The first-order valence-corrected chi connectivity index (χ1v) is 10.3. The molecule has 0 saturated carbocycles. The molecule has 4 rings (SSSR count). The third-order valence-electron chi connectivity index (χ3n) is 5.28. The molecule has 0 atom stereocenters. The molecule has 0 unspecified atom stereocenters. The Morgan fingerprint density at radius 3 is 2.45 bits per heavy atom. The Morgan fingerprint density at radius 2 is 1.74 bits per heavy atom. The van der Waals surface area contributed by atoms with E-state index in [0.717, 1.165) is 34.1 Å². The summed E-state index contributed by atoms with van der Waals surface area (Å²) in [6.07, 6.45) is 2.06. The average molecular weight is 421 g/mol. The maximum absolute atomic E-state index is 12.5. The molecule has 1 aliphatic heterocycles. The molecule has 162 valence electrons. The van der Waals surface area contributed by atoms with Crippen LogP contribution in [0.3, 0.4) is 0 Å². The zero-order valence-corrected chi connectivity index (χ0v) is 18.6. The van der Waals surface area contributed by atoms with Crippen molar-refractivity contribution in [3.8, 4) is 22.8 Å². The van der Waals surface area contributed by atoms with Gasteiger partial charge < -0.3 is 19.1 Å². The van der Waals surface area contributed by atoms with Crippen LogP contribution in [0, 0.1) is 0 Å². The largest absolute Gasteiger partial charge is 0.493 e. The molecule has 7 nitrogen and oxygen atoms in total. The van der Waals surface area contributed by atoms with Gasteiger partial charge in [-0.1, -0.05) is 12.1 Å². The van der Waals surface area contributed by atoms with Crippen molar-refractivity contribution >= 4 is 17.0 Å². The summed E-state index contributed by atoms with van der Waals surface area (Å²) in [7, 11) is 3.21. The molecule has 0 fully saturated rings. The fourth-order valence-corrected chi connectivity index (χ4v) is 3.80. The normalized spacial score (nSPS) is 13.6. The van der Waals surface area contributed by atoms with Crippen molar-refractivity contribution in [1.29, 1.82) is 0 Å². The summed E-state index contributed by atoms with van der Waals surface area (Å²) < 4.78 is 16.4. The minimum absolute atomic E-state index is 0.284. The van der Waals surface area contributed by atoms with E-state index in [1.807, 2.05) is 32.9 Å². The highest BCUT2D eigenvalue weighted by molar-refractivity contribution is 5.94. The van der Waals surface area contributed by atoms with Crippen LogP contribution in [0.4, 0.5) is 4.79 Å². The van der Waals surface area contributed by atoms with Crippen LogP contribution in [0.25, 0.3) is 22.2 Å². The van der Waals surface area contributed by atoms with Gasteiger partial charge in [-0.05, 0) is 50.5 Å². The van der Waals surface area contributed by atoms with Crippen molar-refractivity contribution in [2.45, 2.75) is 39.3 Å². The van der Waals surface area contributed by atoms with Gasteiger partial charge in [0.15, 0.2) is 11.5 Å². The number of hydrogen-bond donors (Lipinski definition) is 0. The van der Waals surface area contributed by atoms with Gasteiger partial charge in [-0.25, -0.2) is 14.8 Å². The molecule has 7 heteroatoms. The van der Waals surface area contributed by atoms with E-state index >= 15 is 0 Å². The lowest BCUT2D eigenvalue weighted by Gasteiger charge is -2.31. The van der Waals surface area contributed by atoms with Crippen LogP contribution in [0.5, 0.6) is 11.5 Å². The van der Waals surface area contributed by atoms with E-state index in [1.165, 1.54) is 5.56 Å². The SMILES string of the molecule is COc1cc2ncnc(-c3ccc4c(c3)CN(C(=O)OC(C)(C)C)CC4)c2cc1OC. The minimum atomic E-state index is -0.515. The van der Waals surface area contributed by atoms with Crippen LogP contribution in [0.1, 0.15) is 31.9 Å². The van der Waals surface area contributed by atoms with Gasteiger partial charge in [0.1, 0.15) is 11.9 Å². The molecule has 31 heavy (non-hydrogen) atoms. The predicted octanol–water partition coefficient (Wildman–Crippen LogP) is 4.61. The van der Waals surface area contributed by atoms with E-state index in [4.69, 9.17) is 14.2 Å². The topological polar surface area (TPSA) is 73.8 Å². The Balaban J connectivity index is 1.71. The van der Waals surface area contributed by atoms with E-state index in [2.05, 4.69) is 28.2 Å². The molecular formula is C24H27N3O4. The monoisotopic (exact) mass is 421 g/mol. The van der Waals surface area contributed by atoms with Crippen LogP contribution in [-0.4, -0.2) is 47.3 Å². The fourth-order valence-electron chi connectivity index (χ4n) is 3.80. The van der Waals surface area contributed by atoms with Crippen LogP contribution in [0.2, 0.25) is 0 Å². The second kappa shape index (κ2) is 8.06. The first-order chi connectivity index (χ1) is 14.8. The number of carbonyl (C=O) groups excluding carboxylic acids is 1. The quantitative estimate of drug-likeness (QED) is 0.615. The second-order valence-electron chi connectivity index (χ2n) is 8.58. The molecule has 0 saturated heterocycles. The molecular weight excluding hydrogens is 394 g/mol. The van der Waals surface area contributed by atoms with Crippen molar-refractivity contribution in [3.63, 3.8) is 0 Å². The molecule has 0 bridgehead atoms. The van der Waals surface area contributed by atoms with Crippen LogP contribution in [0.15, 0.2) is 36.7 Å².